The second kappa shape index (κ2) is 9.30. The van der Waals surface area contributed by atoms with E-state index in [9.17, 15) is 4.79 Å². The normalized spacial score (nSPS) is 16.3. The smallest absolute Gasteiger partial charge is 0.264 e. The van der Waals surface area contributed by atoms with E-state index < -0.39 is 0 Å². The minimum Gasteiger partial charge on any atom is -0.376 e. The highest BCUT2D eigenvalue weighted by Crippen LogP contribution is 2.24. The van der Waals surface area contributed by atoms with Crippen molar-refractivity contribution in [1.82, 2.24) is 14.5 Å². The molecule has 3 aromatic rings. The van der Waals surface area contributed by atoms with Gasteiger partial charge in [-0.25, -0.2) is 4.98 Å². The molecule has 1 unspecified atom stereocenters. The fourth-order valence-corrected chi connectivity index (χ4v) is 4.46. The van der Waals surface area contributed by atoms with Crippen LogP contribution in [0.1, 0.15) is 33.9 Å². The molecule has 1 aliphatic heterocycles. The number of aromatic nitrogens is 2. The molecule has 0 radical (unpaired) electrons. The van der Waals surface area contributed by atoms with Crippen LogP contribution in [0.15, 0.2) is 48.1 Å². The van der Waals surface area contributed by atoms with Gasteiger partial charge in [-0.15, -0.1) is 11.3 Å². The van der Waals surface area contributed by atoms with Crippen LogP contribution in [-0.2, 0) is 17.8 Å². The predicted octanol–water partition coefficient (Wildman–Crippen LogP) is 5.12. The average Bonchev–Trinajstić information content (AvgIpc) is 3.47. The Hall–Kier alpha value is -1.86. The van der Waals surface area contributed by atoms with Gasteiger partial charge >= 0.3 is 0 Å². The molecule has 0 saturated carbocycles. The molecule has 1 aliphatic rings. The Labute approximate surface area is 183 Å². The first-order chi connectivity index (χ1) is 14.1. The summed E-state index contributed by atoms with van der Waals surface area (Å²) < 4.78 is 7.81. The number of carbonyl (C=O) groups excluding carboxylic acids is 1. The summed E-state index contributed by atoms with van der Waals surface area (Å²) in [5, 5.41) is 2.98. The number of carbonyl (C=O) groups is 1. The maximum absolute atomic E-state index is 13.1. The number of ether oxygens (including phenoxy) is 1. The van der Waals surface area contributed by atoms with E-state index in [1.807, 2.05) is 45.3 Å². The third-order valence-corrected chi connectivity index (χ3v) is 6.53. The van der Waals surface area contributed by atoms with Crippen LogP contribution in [-0.4, -0.2) is 39.6 Å². The molecule has 1 saturated heterocycles. The summed E-state index contributed by atoms with van der Waals surface area (Å²) in [4.78, 5) is 20.2. The summed E-state index contributed by atoms with van der Waals surface area (Å²) in [6.45, 7) is 2.35. The molecule has 1 fully saturated rings. The average molecular weight is 450 g/mol. The summed E-state index contributed by atoms with van der Waals surface area (Å²) in [6.07, 6.45) is 5.77. The summed E-state index contributed by atoms with van der Waals surface area (Å²) in [5.74, 6) is 0.832. The standard InChI is InChI=1S/C21H21Cl2N3O2S/c22-17-6-5-15(11-18(17)23)12-25-8-7-24-20(25)14-26(13-16-3-1-9-28-16)21(27)19-4-2-10-29-19/h2,4-8,10-11,16H,1,3,9,12-14H2. The second-order valence-corrected chi connectivity index (χ2v) is 8.78. The molecule has 1 atom stereocenters. The zero-order valence-corrected chi connectivity index (χ0v) is 18.1. The Bertz CT molecular complexity index is 968. The molecule has 29 heavy (non-hydrogen) atoms. The number of imidazole rings is 1. The Kier molecular flexibility index (Phi) is 6.55. The van der Waals surface area contributed by atoms with Gasteiger partial charge in [0.05, 0.1) is 27.6 Å². The first kappa shape index (κ1) is 20.4. The van der Waals surface area contributed by atoms with E-state index in [4.69, 9.17) is 27.9 Å². The van der Waals surface area contributed by atoms with E-state index >= 15 is 0 Å². The van der Waals surface area contributed by atoms with Crippen molar-refractivity contribution < 1.29 is 9.53 Å². The van der Waals surface area contributed by atoms with Crippen molar-refractivity contribution in [3.8, 4) is 0 Å². The lowest BCUT2D eigenvalue weighted by atomic mass is 10.2. The molecule has 3 heterocycles. The number of hydrogen-bond acceptors (Lipinski definition) is 4. The molecule has 1 amide bonds. The van der Waals surface area contributed by atoms with Gasteiger partial charge in [-0.05, 0) is 42.0 Å². The number of hydrogen-bond donors (Lipinski definition) is 0. The first-order valence-corrected chi connectivity index (χ1v) is 11.1. The van der Waals surface area contributed by atoms with Crippen LogP contribution >= 0.6 is 34.5 Å². The highest BCUT2D eigenvalue weighted by molar-refractivity contribution is 7.12. The molecular weight excluding hydrogens is 429 g/mol. The lowest BCUT2D eigenvalue weighted by molar-refractivity contribution is 0.0502. The minimum absolute atomic E-state index is 0.0135. The van der Waals surface area contributed by atoms with E-state index in [1.165, 1.54) is 11.3 Å². The number of benzene rings is 1. The molecule has 0 bridgehead atoms. The topological polar surface area (TPSA) is 47.4 Å². The van der Waals surface area contributed by atoms with Gasteiger partial charge in [0.15, 0.2) is 0 Å². The maximum atomic E-state index is 13.1. The van der Waals surface area contributed by atoms with Crippen molar-refractivity contribution in [2.45, 2.75) is 32.0 Å². The van der Waals surface area contributed by atoms with E-state index in [0.717, 1.165) is 35.7 Å². The van der Waals surface area contributed by atoms with Crippen molar-refractivity contribution in [2.24, 2.45) is 0 Å². The number of rotatable bonds is 7. The number of nitrogens with zero attached hydrogens (tertiary/aromatic N) is 3. The van der Waals surface area contributed by atoms with E-state index in [2.05, 4.69) is 4.98 Å². The fourth-order valence-electron chi connectivity index (χ4n) is 3.45. The van der Waals surface area contributed by atoms with Gasteiger partial charge in [0.1, 0.15) is 5.82 Å². The van der Waals surface area contributed by atoms with Crippen LogP contribution in [0.2, 0.25) is 10.0 Å². The Balaban J connectivity index is 1.53. The van der Waals surface area contributed by atoms with Crippen molar-refractivity contribution in [2.75, 3.05) is 13.2 Å². The van der Waals surface area contributed by atoms with Gasteiger partial charge in [-0.1, -0.05) is 35.3 Å². The summed E-state index contributed by atoms with van der Waals surface area (Å²) in [6, 6.07) is 9.35. The zero-order valence-electron chi connectivity index (χ0n) is 15.8. The van der Waals surface area contributed by atoms with Gasteiger partial charge in [-0.3, -0.25) is 4.79 Å². The van der Waals surface area contributed by atoms with Crippen molar-refractivity contribution >= 4 is 40.4 Å². The molecule has 0 aliphatic carbocycles. The largest absolute Gasteiger partial charge is 0.376 e. The van der Waals surface area contributed by atoms with Gasteiger partial charge in [0, 0.05) is 32.1 Å². The Morgan fingerprint density at radius 3 is 2.93 bits per heavy atom. The van der Waals surface area contributed by atoms with Crippen LogP contribution in [0.5, 0.6) is 0 Å². The summed E-state index contributed by atoms with van der Waals surface area (Å²) in [7, 11) is 0. The minimum atomic E-state index is 0.0135. The quantitative estimate of drug-likeness (QED) is 0.502. The lowest BCUT2D eigenvalue weighted by Gasteiger charge is -2.25. The molecule has 5 nitrogen and oxygen atoms in total. The Morgan fingerprint density at radius 1 is 1.31 bits per heavy atom. The molecule has 4 rings (SSSR count). The van der Waals surface area contributed by atoms with E-state index in [-0.39, 0.29) is 12.0 Å². The second-order valence-electron chi connectivity index (χ2n) is 7.02. The number of halogens is 2. The predicted molar refractivity (Wildman–Crippen MR) is 116 cm³/mol. The number of thiophene rings is 1. The monoisotopic (exact) mass is 449 g/mol. The lowest BCUT2D eigenvalue weighted by Crippen LogP contribution is -2.37. The van der Waals surface area contributed by atoms with Gasteiger partial charge in [-0.2, -0.15) is 0 Å². The van der Waals surface area contributed by atoms with Crippen LogP contribution < -0.4 is 0 Å². The SMILES string of the molecule is O=C(c1cccs1)N(Cc1nccn1Cc1ccc(Cl)c(Cl)c1)CC1CCCO1. The highest BCUT2D eigenvalue weighted by Gasteiger charge is 2.25. The van der Waals surface area contributed by atoms with E-state index in [1.54, 1.807) is 12.3 Å². The zero-order chi connectivity index (χ0) is 20.2. The Morgan fingerprint density at radius 2 is 2.21 bits per heavy atom. The fraction of sp³-hybridized carbons (Fsp3) is 0.333. The van der Waals surface area contributed by atoms with Crippen LogP contribution in [0, 0.1) is 0 Å². The third-order valence-electron chi connectivity index (χ3n) is 4.94. The molecule has 152 valence electrons. The summed E-state index contributed by atoms with van der Waals surface area (Å²) >= 11 is 13.6. The van der Waals surface area contributed by atoms with Crippen molar-refractivity contribution in [3.05, 3.63) is 74.4 Å². The molecule has 2 aromatic heterocycles. The summed E-state index contributed by atoms with van der Waals surface area (Å²) in [5.41, 5.74) is 1.02. The van der Waals surface area contributed by atoms with Gasteiger partial charge in [0.25, 0.3) is 5.91 Å². The molecular formula is C21H21Cl2N3O2S. The number of amides is 1. The van der Waals surface area contributed by atoms with Crippen LogP contribution in [0.25, 0.3) is 0 Å². The molecule has 0 spiro atoms. The van der Waals surface area contributed by atoms with Crippen LogP contribution in [0.3, 0.4) is 0 Å². The third kappa shape index (κ3) is 5.01. The molecule has 8 heteroatoms. The van der Waals surface area contributed by atoms with E-state index in [0.29, 0.717) is 29.7 Å². The van der Waals surface area contributed by atoms with Crippen molar-refractivity contribution in [3.63, 3.8) is 0 Å². The van der Waals surface area contributed by atoms with Gasteiger partial charge in [0.2, 0.25) is 0 Å². The maximum Gasteiger partial charge on any atom is 0.264 e. The molecule has 1 aromatic carbocycles. The molecule has 0 N–H and O–H groups in total. The van der Waals surface area contributed by atoms with Crippen molar-refractivity contribution in [1.29, 1.82) is 0 Å². The highest BCUT2D eigenvalue weighted by atomic mass is 35.5. The first-order valence-electron chi connectivity index (χ1n) is 9.48. The van der Waals surface area contributed by atoms with Gasteiger partial charge < -0.3 is 14.2 Å². The van der Waals surface area contributed by atoms with Crippen LogP contribution in [0.4, 0.5) is 0 Å².